The average molecular weight is 413 g/mol. The number of nitrogens with one attached hydrogen (secondary N) is 1. The number of aryl methyl sites for hydroxylation is 1. The molecule has 1 heterocycles. The SMILES string of the molecule is C=S(C)(=O)NC(=O)c1c(-c2ccc(-c3ccc(F)cc3F)cc2)c(C#N)cn1C. The lowest BCUT2D eigenvalue weighted by Gasteiger charge is -2.11. The fourth-order valence-corrected chi connectivity index (χ4v) is 3.55. The number of amides is 1. The van der Waals surface area contributed by atoms with Crippen molar-refractivity contribution in [3.05, 3.63) is 71.6 Å². The summed E-state index contributed by atoms with van der Waals surface area (Å²) in [6, 6.07) is 11.9. The van der Waals surface area contributed by atoms with E-state index in [9.17, 15) is 23.0 Å². The van der Waals surface area contributed by atoms with Crippen LogP contribution in [0, 0.1) is 23.0 Å². The molecule has 0 radical (unpaired) electrons. The Morgan fingerprint density at radius 3 is 2.34 bits per heavy atom. The van der Waals surface area contributed by atoms with Crippen molar-refractivity contribution in [3.8, 4) is 28.3 Å². The van der Waals surface area contributed by atoms with Gasteiger partial charge in [0.25, 0.3) is 5.91 Å². The van der Waals surface area contributed by atoms with Crippen LogP contribution in [0.5, 0.6) is 0 Å². The second-order valence-electron chi connectivity index (χ2n) is 6.63. The number of carbonyl (C=O) groups excluding carboxylic acids is 1. The molecule has 3 rings (SSSR count). The minimum atomic E-state index is -2.80. The Morgan fingerprint density at radius 2 is 1.79 bits per heavy atom. The lowest BCUT2D eigenvalue weighted by Crippen LogP contribution is -2.31. The number of aromatic nitrogens is 1. The zero-order valence-corrected chi connectivity index (χ0v) is 16.5. The van der Waals surface area contributed by atoms with Gasteiger partial charge in [0.15, 0.2) is 0 Å². The van der Waals surface area contributed by atoms with Crippen LogP contribution in [0.3, 0.4) is 0 Å². The molecule has 0 bridgehead atoms. The third-order valence-electron chi connectivity index (χ3n) is 4.24. The van der Waals surface area contributed by atoms with E-state index in [1.165, 1.54) is 29.2 Å². The second-order valence-corrected chi connectivity index (χ2v) is 8.84. The molecule has 148 valence electrons. The number of nitriles is 1. The van der Waals surface area contributed by atoms with Crippen molar-refractivity contribution in [2.24, 2.45) is 7.05 Å². The molecular formula is C21H17F2N3O2S. The van der Waals surface area contributed by atoms with E-state index in [1.54, 1.807) is 31.3 Å². The number of hydrogen-bond acceptors (Lipinski definition) is 3. The summed E-state index contributed by atoms with van der Waals surface area (Å²) in [4.78, 5) is 12.6. The van der Waals surface area contributed by atoms with E-state index in [0.717, 1.165) is 6.07 Å². The molecule has 0 aliphatic carbocycles. The molecule has 1 atom stereocenters. The van der Waals surface area contributed by atoms with Gasteiger partial charge in [-0.3, -0.25) is 9.52 Å². The van der Waals surface area contributed by atoms with Crippen molar-refractivity contribution in [2.45, 2.75) is 0 Å². The summed E-state index contributed by atoms with van der Waals surface area (Å²) in [5.74, 6) is 1.43. The van der Waals surface area contributed by atoms with Gasteiger partial charge in [0.05, 0.1) is 5.56 Å². The Morgan fingerprint density at radius 1 is 1.17 bits per heavy atom. The minimum Gasteiger partial charge on any atom is -0.345 e. The molecule has 2 aromatic carbocycles. The highest BCUT2D eigenvalue weighted by Crippen LogP contribution is 2.32. The van der Waals surface area contributed by atoms with Crippen molar-refractivity contribution in [2.75, 3.05) is 6.26 Å². The van der Waals surface area contributed by atoms with Crippen LogP contribution in [-0.4, -0.2) is 26.8 Å². The Balaban J connectivity index is 2.09. The van der Waals surface area contributed by atoms with Gasteiger partial charge in [-0.2, -0.15) is 5.26 Å². The molecule has 0 aliphatic heterocycles. The van der Waals surface area contributed by atoms with Gasteiger partial charge in [-0.25, -0.2) is 13.0 Å². The summed E-state index contributed by atoms with van der Waals surface area (Å²) in [6.07, 6.45) is 2.79. The van der Waals surface area contributed by atoms with Gasteiger partial charge in [0, 0.05) is 46.4 Å². The molecule has 29 heavy (non-hydrogen) atoms. The van der Waals surface area contributed by atoms with Crippen LogP contribution in [-0.2, 0) is 16.8 Å². The third kappa shape index (κ3) is 4.20. The maximum Gasteiger partial charge on any atom is 0.279 e. The molecule has 0 spiro atoms. The summed E-state index contributed by atoms with van der Waals surface area (Å²) in [6.45, 7) is 0. The number of rotatable bonds is 4. The van der Waals surface area contributed by atoms with Gasteiger partial charge in [0.1, 0.15) is 23.4 Å². The molecule has 1 amide bonds. The predicted octanol–water partition coefficient (Wildman–Crippen LogP) is 3.50. The zero-order chi connectivity index (χ0) is 21.3. The first-order valence-electron chi connectivity index (χ1n) is 8.40. The molecule has 3 aromatic rings. The summed E-state index contributed by atoms with van der Waals surface area (Å²) in [5, 5.41) is 9.48. The maximum atomic E-state index is 14.0. The summed E-state index contributed by atoms with van der Waals surface area (Å²) in [7, 11) is -1.20. The monoisotopic (exact) mass is 413 g/mol. The summed E-state index contributed by atoms with van der Waals surface area (Å²) >= 11 is 0. The van der Waals surface area contributed by atoms with Crippen molar-refractivity contribution >= 4 is 21.5 Å². The van der Waals surface area contributed by atoms with E-state index in [0.29, 0.717) is 16.7 Å². The van der Waals surface area contributed by atoms with Gasteiger partial charge in [-0.1, -0.05) is 24.3 Å². The Labute approximate surface area is 167 Å². The molecule has 0 aliphatic rings. The van der Waals surface area contributed by atoms with Crippen LogP contribution in [0.1, 0.15) is 16.1 Å². The van der Waals surface area contributed by atoms with Crippen LogP contribution in [0.4, 0.5) is 8.78 Å². The highest BCUT2D eigenvalue weighted by Gasteiger charge is 2.23. The molecule has 8 heteroatoms. The first kappa shape index (κ1) is 20.3. The molecule has 1 aromatic heterocycles. The van der Waals surface area contributed by atoms with Crippen LogP contribution < -0.4 is 4.72 Å². The fraction of sp³-hybridized carbons (Fsp3) is 0.0952. The van der Waals surface area contributed by atoms with Gasteiger partial charge >= 0.3 is 0 Å². The molecule has 1 unspecified atom stereocenters. The van der Waals surface area contributed by atoms with Crippen molar-refractivity contribution < 1.29 is 17.8 Å². The van der Waals surface area contributed by atoms with Gasteiger partial charge in [-0.15, -0.1) is 0 Å². The highest BCUT2D eigenvalue weighted by molar-refractivity contribution is 7.98. The third-order valence-corrected chi connectivity index (χ3v) is 4.86. The van der Waals surface area contributed by atoms with E-state index in [2.05, 4.69) is 10.6 Å². The first-order chi connectivity index (χ1) is 13.6. The van der Waals surface area contributed by atoms with E-state index in [4.69, 9.17) is 0 Å². The molecule has 0 saturated heterocycles. The van der Waals surface area contributed by atoms with Gasteiger partial charge < -0.3 is 4.57 Å². The van der Waals surface area contributed by atoms with Crippen LogP contribution >= 0.6 is 0 Å². The van der Waals surface area contributed by atoms with E-state index < -0.39 is 27.2 Å². The minimum absolute atomic E-state index is 0.153. The molecule has 0 fully saturated rings. The normalized spacial score (nSPS) is 12.8. The molecule has 5 nitrogen and oxygen atoms in total. The second kappa shape index (κ2) is 7.53. The number of halogens is 2. The maximum absolute atomic E-state index is 14.0. The first-order valence-corrected chi connectivity index (χ1v) is 10.5. The standard InChI is InChI=1S/C21H17F2N3O2S/c1-26-12-15(11-24)19(20(26)21(27)25-29(2,3)28)14-6-4-13(5-7-14)17-9-8-16(22)10-18(17)23/h4-10,12H,2H2,1,3H3,(H,25,27,28). The van der Waals surface area contributed by atoms with Gasteiger partial charge in [-0.05, 0) is 29.1 Å². The molecular weight excluding hydrogens is 396 g/mol. The lowest BCUT2D eigenvalue weighted by molar-refractivity contribution is 0.0976. The van der Waals surface area contributed by atoms with Crippen molar-refractivity contribution in [1.29, 1.82) is 5.26 Å². The predicted molar refractivity (Wildman–Crippen MR) is 110 cm³/mol. The number of nitrogens with zero attached hydrogens (tertiary/aromatic N) is 2. The topological polar surface area (TPSA) is 74.9 Å². The summed E-state index contributed by atoms with van der Waals surface area (Å²) in [5.41, 5.74) is 2.06. The zero-order valence-electron chi connectivity index (χ0n) is 15.7. The largest absolute Gasteiger partial charge is 0.345 e. The van der Waals surface area contributed by atoms with Crippen molar-refractivity contribution in [1.82, 2.24) is 9.29 Å². The van der Waals surface area contributed by atoms with E-state index >= 15 is 0 Å². The summed E-state index contributed by atoms with van der Waals surface area (Å²) < 4.78 is 42.9. The smallest absolute Gasteiger partial charge is 0.279 e. The fourth-order valence-electron chi connectivity index (χ4n) is 3.06. The lowest BCUT2D eigenvalue weighted by atomic mass is 9.98. The van der Waals surface area contributed by atoms with Crippen LogP contribution in [0.25, 0.3) is 22.3 Å². The Bertz CT molecular complexity index is 1250. The molecule has 0 saturated carbocycles. The van der Waals surface area contributed by atoms with Crippen LogP contribution in [0.15, 0.2) is 48.7 Å². The van der Waals surface area contributed by atoms with Crippen molar-refractivity contribution in [3.63, 3.8) is 0 Å². The van der Waals surface area contributed by atoms with Gasteiger partial charge in [0.2, 0.25) is 0 Å². The average Bonchev–Trinajstić information content (AvgIpc) is 2.97. The van der Waals surface area contributed by atoms with E-state index in [-0.39, 0.29) is 16.8 Å². The Kier molecular flexibility index (Phi) is 5.27. The quantitative estimate of drug-likeness (QED) is 0.666. The van der Waals surface area contributed by atoms with E-state index in [1.807, 2.05) is 6.07 Å². The number of carbonyl (C=O) groups is 1. The molecule has 1 N–H and O–H groups in total. The van der Waals surface area contributed by atoms with Crippen LogP contribution in [0.2, 0.25) is 0 Å². The Hall–Kier alpha value is -3.44. The highest BCUT2D eigenvalue weighted by atomic mass is 32.2. The number of hydrogen-bond donors (Lipinski definition) is 1. The number of benzene rings is 2.